The van der Waals surface area contributed by atoms with Crippen LogP contribution in [-0.2, 0) is 25.9 Å². The SMILES string of the molecule is COc1cc(C2CCN(c3cccc4c3n(C)c(=O)n4C3CCC(=O)NC3=O)CC2)ccc1B1OC(C)(C)C(C)(C)O1. The second kappa shape index (κ2) is 10.3. The highest BCUT2D eigenvalue weighted by Gasteiger charge is 2.52. The molecule has 222 valence electrons. The number of fused-ring (bicyclic) bond motifs is 1. The number of hydrogen-bond donors (Lipinski definition) is 1. The quantitative estimate of drug-likeness (QED) is 0.369. The minimum atomic E-state index is -0.699. The number of imide groups is 1. The van der Waals surface area contributed by atoms with Crippen LogP contribution >= 0.6 is 0 Å². The lowest BCUT2D eigenvalue weighted by molar-refractivity contribution is -0.135. The van der Waals surface area contributed by atoms with Gasteiger partial charge in [-0.3, -0.25) is 24.0 Å². The normalized spacial score (nSPS) is 22.6. The molecule has 3 saturated heterocycles. The number of benzene rings is 2. The Morgan fingerprint density at radius 3 is 2.31 bits per heavy atom. The van der Waals surface area contributed by atoms with Gasteiger partial charge >= 0.3 is 12.8 Å². The molecule has 0 spiro atoms. The number of aryl methyl sites for hydroxylation is 1. The predicted molar refractivity (Wildman–Crippen MR) is 161 cm³/mol. The molecule has 11 heteroatoms. The molecule has 1 unspecified atom stereocenters. The molecule has 42 heavy (non-hydrogen) atoms. The average molecular weight is 574 g/mol. The number of para-hydroxylation sites is 1. The lowest BCUT2D eigenvalue weighted by Gasteiger charge is -2.34. The minimum Gasteiger partial charge on any atom is -0.497 e. The first-order chi connectivity index (χ1) is 19.9. The maximum absolute atomic E-state index is 13.4. The van der Waals surface area contributed by atoms with Crippen LogP contribution in [0.25, 0.3) is 11.0 Å². The summed E-state index contributed by atoms with van der Waals surface area (Å²) < 4.78 is 21.5. The number of methoxy groups -OCH3 is 1. The number of carbonyl (C=O) groups excluding carboxylic acids is 2. The molecular formula is C31H39BN4O6. The molecule has 3 aliphatic heterocycles. The molecule has 10 nitrogen and oxygen atoms in total. The molecule has 3 fully saturated rings. The van der Waals surface area contributed by atoms with Crippen molar-refractivity contribution in [3.05, 3.63) is 52.4 Å². The van der Waals surface area contributed by atoms with Crippen molar-refractivity contribution in [2.45, 2.75) is 76.5 Å². The summed E-state index contributed by atoms with van der Waals surface area (Å²) >= 11 is 0. The third-order valence-electron chi connectivity index (χ3n) is 9.67. The van der Waals surface area contributed by atoms with E-state index in [4.69, 9.17) is 14.0 Å². The average Bonchev–Trinajstić information content (AvgIpc) is 3.34. The first-order valence-corrected chi connectivity index (χ1v) is 14.7. The van der Waals surface area contributed by atoms with E-state index in [1.165, 1.54) is 5.56 Å². The van der Waals surface area contributed by atoms with Gasteiger partial charge in [0.05, 0.1) is 35.0 Å². The molecule has 2 amide bonds. The van der Waals surface area contributed by atoms with Crippen LogP contribution in [0.3, 0.4) is 0 Å². The number of ether oxygens (including phenoxy) is 1. The summed E-state index contributed by atoms with van der Waals surface area (Å²) in [6, 6.07) is 11.5. The third-order valence-corrected chi connectivity index (χ3v) is 9.67. The Hall–Kier alpha value is -3.57. The van der Waals surface area contributed by atoms with Gasteiger partial charge in [-0.05, 0) is 76.6 Å². The standard InChI is InChI=1S/C31H39BN4O6/c1-30(2)31(3,4)42-32(41-30)21-11-10-20(18-25(21)40-6)19-14-16-35(17-15-19)22-8-7-9-23-27(22)34(5)29(39)36(23)24-12-13-26(37)33-28(24)38/h7-11,18-19,24H,12-17H2,1-6H3,(H,33,37,38). The van der Waals surface area contributed by atoms with Gasteiger partial charge in [-0.1, -0.05) is 18.2 Å². The van der Waals surface area contributed by atoms with Gasteiger partial charge in [0, 0.05) is 32.0 Å². The summed E-state index contributed by atoms with van der Waals surface area (Å²) in [6.07, 6.45) is 2.42. The highest BCUT2D eigenvalue weighted by molar-refractivity contribution is 6.63. The van der Waals surface area contributed by atoms with Gasteiger partial charge in [0.15, 0.2) is 0 Å². The van der Waals surface area contributed by atoms with Gasteiger partial charge in [-0.15, -0.1) is 0 Å². The summed E-state index contributed by atoms with van der Waals surface area (Å²) in [4.78, 5) is 40.0. The summed E-state index contributed by atoms with van der Waals surface area (Å²) in [6.45, 7) is 9.83. The fourth-order valence-corrected chi connectivity index (χ4v) is 6.50. The van der Waals surface area contributed by atoms with Gasteiger partial charge in [0.1, 0.15) is 11.8 Å². The summed E-state index contributed by atoms with van der Waals surface area (Å²) in [7, 11) is 2.94. The number of rotatable bonds is 5. The molecule has 0 radical (unpaired) electrons. The summed E-state index contributed by atoms with van der Waals surface area (Å²) in [5.41, 5.74) is 3.50. The van der Waals surface area contributed by atoms with E-state index in [1.54, 1.807) is 23.3 Å². The molecule has 0 bridgehead atoms. The Morgan fingerprint density at radius 1 is 0.976 bits per heavy atom. The Labute approximate surface area is 246 Å². The Bertz CT molecular complexity index is 1600. The van der Waals surface area contributed by atoms with Crippen molar-refractivity contribution in [1.29, 1.82) is 0 Å². The van der Waals surface area contributed by atoms with Crippen molar-refractivity contribution in [1.82, 2.24) is 14.5 Å². The van der Waals surface area contributed by atoms with Crippen LogP contribution < -0.4 is 26.1 Å². The summed E-state index contributed by atoms with van der Waals surface area (Å²) in [5, 5.41) is 2.38. The molecule has 0 aliphatic carbocycles. The molecular weight excluding hydrogens is 535 g/mol. The van der Waals surface area contributed by atoms with E-state index in [0.717, 1.165) is 48.3 Å². The summed E-state index contributed by atoms with van der Waals surface area (Å²) in [5.74, 6) is 0.405. The third kappa shape index (κ3) is 4.63. The number of hydrogen-bond acceptors (Lipinski definition) is 7. The van der Waals surface area contributed by atoms with Crippen molar-refractivity contribution >= 4 is 41.1 Å². The monoisotopic (exact) mass is 574 g/mol. The zero-order valence-electron chi connectivity index (χ0n) is 25.2. The topological polar surface area (TPSA) is 104 Å². The van der Waals surface area contributed by atoms with Crippen LogP contribution in [0.5, 0.6) is 5.75 Å². The number of amides is 2. The minimum absolute atomic E-state index is 0.217. The fraction of sp³-hybridized carbons (Fsp3) is 0.516. The zero-order valence-corrected chi connectivity index (χ0v) is 25.2. The van der Waals surface area contributed by atoms with Crippen LogP contribution in [-0.4, -0.2) is 59.5 Å². The van der Waals surface area contributed by atoms with Crippen molar-refractivity contribution in [3.8, 4) is 5.75 Å². The molecule has 3 aliphatic rings. The highest BCUT2D eigenvalue weighted by atomic mass is 16.7. The largest absolute Gasteiger partial charge is 0.498 e. The maximum atomic E-state index is 13.4. The smallest absolute Gasteiger partial charge is 0.497 e. The lowest BCUT2D eigenvalue weighted by Crippen LogP contribution is -2.44. The zero-order chi connectivity index (χ0) is 30.0. The number of piperidine rings is 2. The van der Waals surface area contributed by atoms with Crippen LogP contribution in [0.2, 0.25) is 0 Å². The Kier molecular flexibility index (Phi) is 7.01. The first-order valence-electron chi connectivity index (χ1n) is 14.7. The highest BCUT2D eigenvalue weighted by Crippen LogP contribution is 2.39. The van der Waals surface area contributed by atoms with Gasteiger partial charge in [-0.2, -0.15) is 0 Å². The molecule has 1 aromatic heterocycles. The molecule has 6 rings (SSSR count). The van der Waals surface area contributed by atoms with Crippen molar-refractivity contribution in [2.75, 3.05) is 25.1 Å². The van der Waals surface area contributed by atoms with Gasteiger partial charge in [0.25, 0.3) is 0 Å². The second-order valence-electron chi connectivity index (χ2n) is 12.7. The van der Waals surface area contributed by atoms with E-state index in [1.807, 2.05) is 45.9 Å². The molecule has 4 heterocycles. The van der Waals surface area contributed by atoms with E-state index in [-0.39, 0.29) is 18.0 Å². The molecule has 2 aromatic carbocycles. The maximum Gasteiger partial charge on any atom is 0.498 e. The number of anilines is 1. The number of nitrogens with one attached hydrogen (secondary N) is 1. The van der Waals surface area contributed by atoms with Gasteiger partial charge in [-0.25, -0.2) is 4.79 Å². The predicted octanol–water partition coefficient (Wildman–Crippen LogP) is 3.01. The van der Waals surface area contributed by atoms with E-state index < -0.39 is 30.3 Å². The molecule has 1 atom stereocenters. The fourth-order valence-electron chi connectivity index (χ4n) is 6.50. The molecule has 1 N–H and O–H groups in total. The number of aromatic nitrogens is 2. The van der Waals surface area contributed by atoms with Crippen LogP contribution in [0.1, 0.15) is 70.9 Å². The van der Waals surface area contributed by atoms with Crippen LogP contribution in [0.15, 0.2) is 41.2 Å². The van der Waals surface area contributed by atoms with Crippen LogP contribution in [0.4, 0.5) is 5.69 Å². The molecule has 0 saturated carbocycles. The van der Waals surface area contributed by atoms with Crippen molar-refractivity contribution in [3.63, 3.8) is 0 Å². The van der Waals surface area contributed by atoms with E-state index in [2.05, 4.69) is 28.4 Å². The van der Waals surface area contributed by atoms with Crippen molar-refractivity contribution < 1.29 is 23.6 Å². The van der Waals surface area contributed by atoms with E-state index in [9.17, 15) is 14.4 Å². The Morgan fingerprint density at radius 2 is 1.67 bits per heavy atom. The van der Waals surface area contributed by atoms with Gasteiger partial charge < -0.3 is 18.9 Å². The lowest BCUT2D eigenvalue weighted by atomic mass is 9.76. The number of nitrogens with zero attached hydrogens (tertiary/aromatic N) is 3. The van der Waals surface area contributed by atoms with E-state index in [0.29, 0.717) is 17.9 Å². The Balaban J connectivity index is 1.22. The van der Waals surface area contributed by atoms with Crippen molar-refractivity contribution in [2.24, 2.45) is 7.05 Å². The number of carbonyl (C=O) groups is 2. The number of imidazole rings is 1. The molecule has 3 aromatic rings. The van der Waals surface area contributed by atoms with E-state index >= 15 is 0 Å². The van der Waals surface area contributed by atoms with Crippen LogP contribution in [0, 0.1) is 0 Å². The first kappa shape index (κ1) is 28.5. The van der Waals surface area contributed by atoms with Gasteiger partial charge in [0.2, 0.25) is 11.8 Å². The second-order valence-corrected chi connectivity index (χ2v) is 12.7.